The first-order valence-electron chi connectivity index (χ1n) is 6.62. The number of hydrogen-bond donors (Lipinski definition) is 0. The summed E-state index contributed by atoms with van der Waals surface area (Å²) in [6.07, 6.45) is 3.69. The molecule has 0 saturated heterocycles. The van der Waals surface area contributed by atoms with Gasteiger partial charge in [-0.3, -0.25) is 0 Å². The molecule has 4 rings (SSSR count). The van der Waals surface area contributed by atoms with Crippen LogP contribution in [-0.4, -0.2) is 9.55 Å². The Morgan fingerprint density at radius 2 is 2.00 bits per heavy atom. The van der Waals surface area contributed by atoms with E-state index in [0.717, 1.165) is 16.8 Å². The van der Waals surface area contributed by atoms with Gasteiger partial charge in [0.05, 0.1) is 24.3 Å². The largest absolute Gasteiger partial charge is 0.319 e. The molecule has 1 aromatic heterocycles. The van der Waals surface area contributed by atoms with E-state index in [1.54, 1.807) is 12.1 Å². The Labute approximate surface area is 116 Å². The number of benzene rings is 2. The SMILES string of the molecule is Cc1cc(F)cc(C2c3ccccc3-c3cncn32)c1. The first-order valence-corrected chi connectivity index (χ1v) is 6.62. The molecule has 0 radical (unpaired) electrons. The molecule has 3 aromatic rings. The zero-order chi connectivity index (χ0) is 13.7. The van der Waals surface area contributed by atoms with E-state index in [1.165, 1.54) is 11.1 Å². The molecule has 2 nitrogen and oxygen atoms in total. The zero-order valence-corrected chi connectivity index (χ0v) is 11.0. The fourth-order valence-corrected chi connectivity index (χ4v) is 3.10. The van der Waals surface area contributed by atoms with Crippen LogP contribution in [0.15, 0.2) is 55.0 Å². The summed E-state index contributed by atoms with van der Waals surface area (Å²) in [7, 11) is 0. The second kappa shape index (κ2) is 4.04. The summed E-state index contributed by atoms with van der Waals surface area (Å²) >= 11 is 0. The minimum Gasteiger partial charge on any atom is -0.319 e. The molecule has 0 fully saturated rings. The van der Waals surface area contributed by atoms with E-state index in [2.05, 4.69) is 21.7 Å². The summed E-state index contributed by atoms with van der Waals surface area (Å²) < 4.78 is 15.8. The lowest BCUT2D eigenvalue weighted by molar-refractivity contribution is 0.617. The maximum absolute atomic E-state index is 13.7. The second-order valence-corrected chi connectivity index (χ2v) is 5.24. The highest BCUT2D eigenvalue weighted by atomic mass is 19.1. The maximum atomic E-state index is 13.7. The molecule has 1 aliphatic heterocycles. The molecule has 0 saturated carbocycles. The molecule has 0 aliphatic carbocycles. The van der Waals surface area contributed by atoms with Gasteiger partial charge in [-0.1, -0.05) is 30.3 Å². The molecule has 2 aromatic carbocycles. The first kappa shape index (κ1) is 11.4. The fourth-order valence-electron chi connectivity index (χ4n) is 3.10. The van der Waals surface area contributed by atoms with Crippen LogP contribution < -0.4 is 0 Å². The van der Waals surface area contributed by atoms with Crippen molar-refractivity contribution in [2.24, 2.45) is 0 Å². The van der Waals surface area contributed by atoms with Gasteiger partial charge in [0.25, 0.3) is 0 Å². The average molecular weight is 264 g/mol. The quantitative estimate of drug-likeness (QED) is 0.509. The third kappa shape index (κ3) is 1.53. The minimum atomic E-state index is -0.189. The Balaban J connectivity index is 1.99. The van der Waals surface area contributed by atoms with Gasteiger partial charge in [-0.25, -0.2) is 9.37 Å². The van der Waals surface area contributed by atoms with E-state index >= 15 is 0 Å². The predicted octanol–water partition coefficient (Wildman–Crippen LogP) is 3.95. The third-order valence-corrected chi connectivity index (χ3v) is 3.86. The summed E-state index contributed by atoms with van der Waals surface area (Å²) in [5.41, 5.74) is 5.37. The van der Waals surface area contributed by atoms with Crippen molar-refractivity contribution in [1.29, 1.82) is 0 Å². The number of imidazole rings is 1. The van der Waals surface area contributed by atoms with Crippen molar-refractivity contribution in [3.63, 3.8) is 0 Å². The number of aryl methyl sites for hydroxylation is 1. The molecule has 0 spiro atoms. The fraction of sp³-hybridized carbons (Fsp3) is 0.118. The molecule has 0 N–H and O–H groups in total. The molecular weight excluding hydrogens is 251 g/mol. The van der Waals surface area contributed by atoms with Crippen molar-refractivity contribution in [3.8, 4) is 11.3 Å². The van der Waals surface area contributed by atoms with Crippen LogP contribution in [0.2, 0.25) is 0 Å². The van der Waals surface area contributed by atoms with Crippen molar-refractivity contribution in [2.45, 2.75) is 13.0 Å². The molecule has 2 heterocycles. The van der Waals surface area contributed by atoms with Gasteiger partial charge in [0.2, 0.25) is 0 Å². The predicted molar refractivity (Wildman–Crippen MR) is 76.0 cm³/mol. The Hall–Kier alpha value is -2.42. The van der Waals surface area contributed by atoms with Gasteiger partial charge in [-0.05, 0) is 35.7 Å². The number of nitrogens with zero attached hydrogens (tertiary/aromatic N) is 2. The van der Waals surface area contributed by atoms with Gasteiger partial charge in [-0.15, -0.1) is 0 Å². The lowest BCUT2D eigenvalue weighted by Gasteiger charge is -2.16. The summed E-state index contributed by atoms with van der Waals surface area (Å²) in [5, 5.41) is 0. The Morgan fingerprint density at radius 3 is 2.85 bits per heavy atom. The van der Waals surface area contributed by atoms with Crippen molar-refractivity contribution >= 4 is 0 Å². The molecule has 98 valence electrons. The highest BCUT2D eigenvalue weighted by Gasteiger charge is 2.29. The first-order chi connectivity index (χ1) is 9.74. The molecule has 0 amide bonds. The Bertz CT molecular complexity index is 784. The lowest BCUT2D eigenvalue weighted by Crippen LogP contribution is -2.07. The van der Waals surface area contributed by atoms with E-state index < -0.39 is 0 Å². The highest BCUT2D eigenvalue weighted by molar-refractivity contribution is 5.70. The maximum Gasteiger partial charge on any atom is 0.123 e. The Kier molecular flexibility index (Phi) is 2.30. The van der Waals surface area contributed by atoms with Crippen LogP contribution in [0.4, 0.5) is 4.39 Å². The number of hydrogen-bond acceptors (Lipinski definition) is 1. The van der Waals surface area contributed by atoms with Gasteiger partial charge in [0, 0.05) is 5.56 Å². The average Bonchev–Trinajstić information content (AvgIpc) is 2.97. The van der Waals surface area contributed by atoms with Crippen molar-refractivity contribution in [1.82, 2.24) is 9.55 Å². The van der Waals surface area contributed by atoms with Crippen molar-refractivity contribution in [2.75, 3.05) is 0 Å². The summed E-state index contributed by atoms with van der Waals surface area (Å²) in [5.74, 6) is -0.189. The third-order valence-electron chi connectivity index (χ3n) is 3.86. The van der Waals surface area contributed by atoms with Gasteiger partial charge in [0.15, 0.2) is 0 Å². The van der Waals surface area contributed by atoms with Crippen LogP contribution >= 0.6 is 0 Å². The van der Waals surface area contributed by atoms with Gasteiger partial charge in [0.1, 0.15) is 5.82 Å². The van der Waals surface area contributed by atoms with Gasteiger partial charge in [-0.2, -0.15) is 0 Å². The monoisotopic (exact) mass is 264 g/mol. The summed E-state index contributed by atoms with van der Waals surface area (Å²) in [6, 6.07) is 13.5. The van der Waals surface area contributed by atoms with Gasteiger partial charge >= 0.3 is 0 Å². The number of fused-ring (bicyclic) bond motifs is 3. The summed E-state index contributed by atoms with van der Waals surface area (Å²) in [4.78, 5) is 4.23. The molecule has 0 bridgehead atoms. The minimum absolute atomic E-state index is 0.0121. The number of aromatic nitrogens is 2. The van der Waals surface area contributed by atoms with Crippen LogP contribution in [0, 0.1) is 12.7 Å². The van der Waals surface area contributed by atoms with Crippen LogP contribution in [0.25, 0.3) is 11.3 Å². The number of rotatable bonds is 1. The molecule has 3 heteroatoms. The molecular formula is C17H13FN2. The molecule has 20 heavy (non-hydrogen) atoms. The van der Waals surface area contributed by atoms with Crippen molar-refractivity contribution in [3.05, 3.63) is 77.5 Å². The molecule has 1 unspecified atom stereocenters. The number of halogens is 1. The van der Waals surface area contributed by atoms with Crippen LogP contribution in [0.3, 0.4) is 0 Å². The Morgan fingerprint density at radius 1 is 1.15 bits per heavy atom. The smallest absolute Gasteiger partial charge is 0.123 e. The van der Waals surface area contributed by atoms with Crippen LogP contribution in [0.1, 0.15) is 22.7 Å². The standard InChI is InChI=1S/C17H13FN2/c1-11-6-12(8-13(18)7-11)17-15-5-3-2-4-14(15)16-9-19-10-20(16)17/h2-10,17H,1H3. The molecule has 1 atom stereocenters. The van der Waals surface area contributed by atoms with E-state index in [9.17, 15) is 4.39 Å². The normalized spacial score (nSPS) is 16.0. The zero-order valence-electron chi connectivity index (χ0n) is 11.0. The second-order valence-electron chi connectivity index (χ2n) is 5.24. The highest BCUT2D eigenvalue weighted by Crippen LogP contribution is 2.42. The topological polar surface area (TPSA) is 17.8 Å². The van der Waals surface area contributed by atoms with E-state index in [4.69, 9.17) is 0 Å². The molecule has 1 aliphatic rings. The van der Waals surface area contributed by atoms with Crippen LogP contribution in [0.5, 0.6) is 0 Å². The van der Waals surface area contributed by atoms with Crippen molar-refractivity contribution < 1.29 is 4.39 Å². The van der Waals surface area contributed by atoms with E-state index in [0.29, 0.717) is 0 Å². The van der Waals surface area contributed by atoms with E-state index in [-0.39, 0.29) is 11.9 Å². The van der Waals surface area contributed by atoms with Crippen LogP contribution in [-0.2, 0) is 0 Å². The van der Waals surface area contributed by atoms with E-state index in [1.807, 2.05) is 37.6 Å². The van der Waals surface area contributed by atoms with Gasteiger partial charge < -0.3 is 4.57 Å². The summed E-state index contributed by atoms with van der Waals surface area (Å²) in [6.45, 7) is 1.92. The lowest BCUT2D eigenvalue weighted by atomic mass is 9.96.